The van der Waals surface area contributed by atoms with Gasteiger partial charge in [-0.25, -0.2) is 4.39 Å². The summed E-state index contributed by atoms with van der Waals surface area (Å²) in [6.45, 7) is 4.93. The van der Waals surface area contributed by atoms with Crippen LogP contribution in [-0.4, -0.2) is 28.0 Å². The highest BCUT2D eigenvalue weighted by molar-refractivity contribution is 5.99. The van der Waals surface area contributed by atoms with E-state index in [1.807, 2.05) is 13.8 Å². The van der Waals surface area contributed by atoms with Crippen LogP contribution in [0.4, 0.5) is 4.39 Å². The van der Waals surface area contributed by atoms with Crippen molar-refractivity contribution in [3.8, 4) is 5.75 Å². The van der Waals surface area contributed by atoms with Crippen LogP contribution in [0.15, 0.2) is 17.2 Å². The summed E-state index contributed by atoms with van der Waals surface area (Å²) in [5, 5.41) is 13.4. The lowest BCUT2D eigenvalue weighted by Gasteiger charge is -2.37. The maximum atomic E-state index is 14.0. The SMILES string of the molecule is CC(C)(N=[N+]=[N-])[C@H]1CC[C@H](CN2Cc3ccc(O)c(F)c3C2=O)CC1. The van der Waals surface area contributed by atoms with E-state index >= 15 is 0 Å². The van der Waals surface area contributed by atoms with Gasteiger partial charge in [-0.3, -0.25) is 4.79 Å². The minimum atomic E-state index is -0.815. The van der Waals surface area contributed by atoms with E-state index in [1.54, 1.807) is 11.0 Å². The number of hydrogen-bond acceptors (Lipinski definition) is 3. The molecule has 0 atom stereocenters. The fourth-order valence-electron chi connectivity index (χ4n) is 4.11. The quantitative estimate of drug-likeness (QED) is 0.498. The molecule has 0 bridgehead atoms. The van der Waals surface area contributed by atoms with Gasteiger partial charge in [0.2, 0.25) is 0 Å². The standard InChI is InChI=1S/C18H23FN4O2/c1-18(2,21-22-20)13-6-3-11(4-7-13)9-23-10-12-5-8-14(24)16(19)15(12)17(23)25/h5,8,11,13,24H,3-4,6-7,9-10H2,1-2H3/t11-,13-. The number of rotatable bonds is 4. The summed E-state index contributed by atoms with van der Waals surface area (Å²) in [7, 11) is 0. The van der Waals surface area contributed by atoms with Gasteiger partial charge in [0.05, 0.1) is 5.56 Å². The van der Waals surface area contributed by atoms with Gasteiger partial charge in [0.1, 0.15) is 0 Å². The Hall–Kier alpha value is -2.27. The number of phenols is 1. The number of nitrogens with zero attached hydrogens (tertiary/aromatic N) is 4. The van der Waals surface area contributed by atoms with Gasteiger partial charge in [-0.1, -0.05) is 25.0 Å². The van der Waals surface area contributed by atoms with Crippen LogP contribution in [0, 0.1) is 17.7 Å². The zero-order valence-electron chi connectivity index (χ0n) is 14.6. The van der Waals surface area contributed by atoms with Crippen LogP contribution in [0.25, 0.3) is 10.4 Å². The maximum Gasteiger partial charge on any atom is 0.257 e. The Bertz CT molecular complexity index is 735. The summed E-state index contributed by atoms with van der Waals surface area (Å²) in [6, 6.07) is 2.92. The van der Waals surface area contributed by atoms with E-state index in [-0.39, 0.29) is 17.0 Å². The van der Waals surface area contributed by atoms with Gasteiger partial charge in [0.15, 0.2) is 11.6 Å². The van der Waals surface area contributed by atoms with Crippen molar-refractivity contribution in [2.75, 3.05) is 6.54 Å². The number of amides is 1. The number of phenolic OH excluding ortho intramolecular Hbond substituents is 1. The minimum Gasteiger partial charge on any atom is -0.505 e. The molecular formula is C18H23FN4O2. The van der Waals surface area contributed by atoms with Crippen molar-refractivity contribution in [2.45, 2.75) is 51.6 Å². The summed E-state index contributed by atoms with van der Waals surface area (Å²) in [5.74, 6) is -0.909. The molecule has 7 heteroatoms. The molecule has 1 aromatic rings. The second-order valence-electron chi connectivity index (χ2n) is 7.68. The van der Waals surface area contributed by atoms with Gasteiger partial charge in [0.25, 0.3) is 5.91 Å². The molecule has 2 aliphatic rings. The predicted octanol–water partition coefficient (Wildman–Crippen LogP) is 4.38. The van der Waals surface area contributed by atoms with Gasteiger partial charge in [-0.15, -0.1) is 0 Å². The van der Waals surface area contributed by atoms with Crippen molar-refractivity contribution >= 4 is 5.91 Å². The lowest BCUT2D eigenvalue weighted by Crippen LogP contribution is -2.36. The average molecular weight is 346 g/mol. The summed E-state index contributed by atoms with van der Waals surface area (Å²) < 4.78 is 14.0. The monoisotopic (exact) mass is 346 g/mol. The number of carbonyl (C=O) groups is 1. The van der Waals surface area contributed by atoms with Crippen LogP contribution < -0.4 is 0 Å². The number of hydrogen-bond donors (Lipinski definition) is 1. The first-order valence-electron chi connectivity index (χ1n) is 8.69. The van der Waals surface area contributed by atoms with E-state index < -0.39 is 11.6 Å². The molecule has 0 radical (unpaired) electrons. The molecule has 1 heterocycles. The molecule has 1 aliphatic heterocycles. The van der Waals surface area contributed by atoms with E-state index in [0.29, 0.717) is 30.5 Å². The molecule has 3 rings (SSSR count). The van der Waals surface area contributed by atoms with E-state index in [2.05, 4.69) is 10.0 Å². The molecule has 6 nitrogen and oxygen atoms in total. The largest absolute Gasteiger partial charge is 0.505 e. The van der Waals surface area contributed by atoms with Crippen molar-refractivity contribution in [3.05, 3.63) is 39.5 Å². The predicted molar refractivity (Wildman–Crippen MR) is 91.5 cm³/mol. The molecule has 1 fully saturated rings. The number of fused-ring (bicyclic) bond motifs is 1. The van der Waals surface area contributed by atoms with Crippen LogP contribution >= 0.6 is 0 Å². The Balaban J connectivity index is 1.62. The molecule has 1 amide bonds. The molecule has 1 saturated carbocycles. The van der Waals surface area contributed by atoms with Crippen LogP contribution in [0.1, 0.15) is 55.5 Å². The average Bonchev–Trinajstić information content (AvgIpc) is 2.88. The van der Waals surface area contributed by atoms with Crippen molar-refractivity contribution in [3.63, 3.8) is 0 Å². The lowest BCUT2D eigenvalue weighted by molar-refractivity contribution is 0.0715. The highest BCUT2D eigenvalue weighted by atomic mass is 19.1. The Kier molecular flexibility index (Phi) is 4.60. The van der Waals surface area contributed by atoms with Crippen molar-refractivity contribution in [2.24, 2.45) is 17.0 Å². The third-order valence-corrected chi connectivity index (χ3v) is 5.70. The molecule has 0 aromatic heterocycles. The van der Waals surface area contributed by atoms with E-state index in [0.717, 1.165) is 25.7 Å². The van der Waals surface area contributed by atoms with Gasteiger partial charge in [0, 0.05) is 23.5 Å². The molecule has 0 spiro atoms. The zero-order valence-corrected chi connectivity index (χ0v) is 14.6. The number of carbonyl (C=O) groups excluding carboxylic acids is 1. The Morgan fingerprint density at radius 3 is 2.68 bits per heavy atom. The summed E-state index contributed by atoms with van der Waals surface area (Å²) in [6.07, 6.45) is 3.84. The first kappa shape index (κ1) is 17.5. The normalized spacial score (nSPS) is 23.3. The summed E-state index contributed by atoms with van der Waals surface area (Å²) in [4.78, 5) is 17.1. The molecule has 134 valence electrons. The van der Waals surface area contributed by atoms with E-state index in [1.165, 1.54) is 6.07 Å². The molecule has 1 aromatic carbocycles. The van der Waals surface area contributed by atoms with Crippen LogP contribution in [-0.2, 0) is 6.54 Å². The molecule has 25 heavy (non-hydrogen) atoms. The molecule has 0 saturated heterocycles. The Morgan fingerprint density at radius 1 is 1.36 bits per heavy atom. The van der Waals surface area contributed by atoms with Gasteiger partial charge in [-0.2, -0.15) is 0 Å². The third kappa shape index (κ3) is 3.29. The zero-order chi connectivity index (χ0) is 18.2. The van der Waals surface area contributed by atoms with Crippen LogP contribution in [0.2, 0.25) is 0 Å². The molecule has 1 N–H and O–H groups in total. The fraction of sp³-hybridized carbons (Fsp3) is 0.611. The highest BCUT2D eigenvalue weighted by Gasteiger charge is 2.36. The van der Waals surface area contributed by atoms with Crippen molar-refractivity contribution in [1.82, 2.24) is 4.90 Å². The van der Waals surface area contributed by atoms with Crippen molar-refractivity contribution in [1.29, 1.82) is 0 Å². The second-order valence-corrected chi connectivity index (χ2v) is 7.68. The number of benzene rings is 1. The van der Waals surface area contributed by atoms with Crippen LogP contribution in [0.3, 0.4) is 0 Å². The minimum absolute atomic E-state index is 0.0122. The molecule has 0 unspecified atom stereocenters. The molecular weight excluding hydrogens is 323 g/mol. The first-order valence-corrected chi connectivity index (χ1v) is 8.69. The number of azide groups is 1. The molecule has 1 aliphatic carbocycles. The van der Waals surface area contributed by atoms with E-state index in [4.69, 9.17) is 5.53 Å². The second kappa shape index (κ2) is 6.56. The summed E-state index contributed by atoms with van der Waals surface area (Å²) in [5.41, 5.74) is 8.96. The Morgan fingerprint density at radius 2 is 2.04 bits per heavy atom. The third-order valence-electron chi connectivity index (χ3n) is 5.70. The number of aromatic hydroxyl groups is 1. The smallest absolute Gasteiger partial charge is 0.257 e. The van der Waals surface area contributed by atoms with Crippen molar-refractivity contribution < 1.29 is 14.3 Å². The van der Waals surface area contributed by atoms with Crippen LogP contribution in [0.5, 0.6) is 5.75 Å². The fourth-order valence-corrected chi connectivity index (χ4v) is 4.11. The van der Waals surface area contributed by atoms with Gasteiger partial charge in [-0.05, 0) is 54.7 Å². The number of halogens is 1. The highest BCUT2D eigenvalue weighted by Crippen LogP contribution is 2.39. The lowest BCUT2D eigenvalue weighted by atomic mass is 9.73. The summed E-state index contributed by atoms with van der Waals surface area (Å²) >= 11 is 0. The first-order chi connectivity index (χ1) is 11.8. The topological polar surface area (TPSA) is 89.3 Å². The van der Waals surface area contributed by atoms with Gasteiger partial charge >= 0.3 is 0 Å². The maximum absolute atomic E-state index is 14.0. The Labute approximate surface area is 146 Å². The van der Waals surface area contributed by atoms with Gasteiger partial charge < -0.3 is 10.0 Å². The van der Waals surface area contributed by atoms with E-state index in [9.17, 15) is 14.3 Å².